The van der Waals surface area contributed by atoms with Crippen LogP contribution in [0.4, 0.5) is 0 Å². The van der Waals surface area contributed by atoms with Crippen molar-refractivity contribution in [1.82, 2.24) is 10.6 Å². The molecule has 0 amide bonds. The highest BCUT2D eigenvalue weighted by Crippen LogP contribution is 2.28. The quantitative estimate of drug-likeness (QED) is 0.341. The molecule has 3 rings (SSSR count). The van der Waals surface area contributed by atoms with Crippen LogP contribution in [0.1, 0.15) is 31.9 Å². The molecule has 1 aliphatic rings. The Kier molecular flexibility index (Phi) is 8.04. The lowest BCUT2D eigenvalue weighted by molar-refractivity contribution is 0.0778. The van der Waals surface area contributed by atoms with Gasteiger partial charge in [0.05, 0.1) is 18.2 Å². The van der Waals surface area contributed by atoms with E-state index in [1.807, 2.05) is 0 Å². The Morgan fingerprint density at radius 2 is 2.04 bits per heavy atom. The van der Waals surface area contributed by atoms with Crippen LogP contribution in [0.3, 0.4) is 0 Å². The summed E-state index contributed by atoms with van der Waals surface area (Å²) in [6.07, 6.45) is 0.820. The van der Waals surface area contributed by atoms with Gasteiger partial charge in [-0.25, -0.2) is 0 Å². The third kappa shape index (κ3) is 5.50. The Hall–Kier alpha value is -0.990. The van der Waals surface area contributed by atoms with Crippen molar-refractivity contribution < 1.29 is 5.11 Å². The maximum Gasteiger partial charge on any atom is 0.191 e. The highest BCUT2D eigenvalue weighted by molar-refractivity contribution is 14.0. The van der Waals surface area contributed by atoms with Crippen molar-refractivity contribution >= 4 is 52.5 Å². The molecule has 1 heterocycles. The average Bonchev–Trinajstić information content (AvgIpc) is 3.06. The van der Waals surface area contributed by atoms with Crippen LogP contribution in [0, 0.1) is 0 Å². The van der Waals surface area contributed by atoms with E-state index in [9.17, 15) is 5.11 Å². The zero-order chi connectivity index (χ0) is 17.7. The first-order valence-corrected chi connectivity index (χ1v) is 10.1. The highest BCUT2D eigenvalue weighted by Gasteiger charge is 2.31. The van der Waals surface area contributed by atoms with Crippen molar-refractivity contribution in [1.29, 1.82) is 0 Å². The zero-order valence-corrected chi connectivity index (χ0v) is 18.5. The molecule has 0 spiro atoms. The monoisotopic (exact) mass is 485 g/mol. The summed E-state index contributed by atoms with van der Waals surface area (Å²) in [6.45, 7) is 5.43. The van der Waals surface area contributed by atoms with E-state index in [-0.39, 0.29) is 30.0 Å². The zero-order valence-electron chi connectivity index (χ0n) is 15.4. The molecule has 1 saturated heterocycles. The Morgan fingerprint density at radius 3 is 2.73 bits per heavy atom. The van der Waals surface area contributed by atoms with E-state index >= 15 is 0 Å². The van der Waals surface area contributed by atoms with Crippen molar-refractivity contribution in [2.75, 3.05) is 24.6 Å². The van der Waals surface area contributed by atoms with Gasteiger partial charge in [-0.1, -0.05) is 36.4 Å². The number of aliphatic hydroxyl groups is 1. The van der Waals surface area contributed by atoms with E-state index in [4.69, 9.17) is 0 Å². The molecule has 142 valence electrons. The number of aliphatic imine (C=N–C) groups is 1. The number of benzene rings is 2. The Balaban J connectivity index is 0.00000243. The fraction of sp³-hybridized carbons (Fsp3) is 0.450. The summed E-state index contributed by atoms with van der Waals surface area (Å²) >= 11 is 1.80. The number of guanidine groups is 1. The number of fused-ring (bicyclic) bond motifs is 1. The minimum Gasteiger partial charge on any atom is -0.387 e. The second kappa shape index (κ2) is 9.80. The van der Waals surface area contributed by atoms with E-state index in [1.165, 1.54) is 16.3 Å². The molecule has 0 radical (unpaired) electrons. The second-order valence-electron chi connectivity index (χ2n) is 6.69. The molecule has 1 aliphatic heterocycles. The van der Waals surface area contributed by atoms with Crippen LogP contribution in [-0.4, -0.2) is 41.3 Å². The minimum absolute atomic E-state index is 0. The first-order chi connectivity index (χ1) is 12.1. The van der Waals surface area contributed by atoms with Gasteiger partial charge in [-0.2, -0.15) is 11.8 Å². The molecular weight excluding hydrogens is 457 g/mol. The molecule has 1 fully saturated rings. The molecular formula is C20H28IN3OS. The average molecular weight is 485 g/mol. The summed E-state index contributed by atoms with van der Waals surface area (Å²) in [6, 6.07) is 15.1. The van der Waals surface area contributed by atoms with E-state index in [1.54, 1.807) is 11.8 Å². The van der Waals surface area contributed by atoms with Crippen molar-refractivity contribution in [2.24, 2.45) is 4.99 Å². The van der Waals surface area contributed by atoms with Crippen LogP contribution in [0.25, 0.3) is 10.8 Å². The number of thioether (sulfide) groups is 1. The number of hydrogen-bond donors (Lipinski definition) is 3. The fourth-order valence-corrected chi connectivity index (χ4v) is 4.32. The topological polar surface area (TPSA) is 56.7 Å². The fourth-order valence-electron chi connectivity index (χ4n) is 3.03. The lowest BCUT2D eigenvalue weighted by atomic mass is 10.0. The van der Waals surface area contributed by atoms with Gasteiger partial charge in [-0.15, -0.1) is 24.0 Å². The number of halogens is 1. The SMILES string of the molecule is CCNC(=NCC1(O)CCSC1)NC(C)c1ccc2ccccc2c1.I. The molecule has 2 aromatic rings. The first-order valence-electron chi connectivity index (χ1n) is 8.93. The van der Waals surface area contributed by atoms with Crippen LogP contribution < -0.4 is 10.6 Å². The van der Waals surface area contributed by atoms with Crippen molar-refractivity contribution in [2.45, 2.75) is 31.9 Å². The lowest BCUT2D eigenvalue weighted by Crippen LogP contribution is -2.41. The smallest absolute Gasteiger partial charge is 0.191 e. The molecule has 4 nitrogen and oxygen atoms in total. The second-order valence-corrected chi connectivity index (χ2v) is 7.80. The molecule has 26 heavy (non-hydrogen) atoms. The summed E-state index contributed by atoms with van der Waals surface area (Å²) in [5.74, 6) is 2.55. The van der Waals surface area contributed by atoms with Gasteiger partial charge in [0.2, 0.25) is 0 Å². The van der Waals surface area contributed by atoms with Gasteiger partial charge < -0.3 is 15.7 Å². The van der Waals surface area contributed by atoms with Gasteiger partial charge in [0, 0.05) is 12.3 Å². The van der Waals surface area contributed by atoms with Crippen LogP contribution in [0.15, 0.2) is 47.5 Å². The molecule has 0 bridgehead atoms. The predicted molar refractivity (Wildman–Crippen MR) is 124 cm³/mol. The van der Waals surface area contributed by atoms with E-state index < -0.39 is 5.60 Å². The molecule has 2 aromatic carbocycles. The Labute approximate surface area is 177 Å². The van der Waals surface area contributed by atoms with Gasteiger partial charge in [0.1, 0.15) is 0 Å². The molecule has 0 aliphatic carbocycles. The van der Waals surface area contributed by atoms with Crippen molar-refractivity contribution in [3.05, 3.63) is 48.0 Å². The molecule has 0 aromatic heterocycles. The highest BCUT2D eigenvalue weighted by atomic mass is 127. The van der Waals surface area contributed by atoms with Gasteiger partial charge in [-0.3, -0.25) is 4.99 Å². The van der Waals surface area contributed by atoms with Gasteiger partial charge in [-0.05, 0) is 48.4 Å². The molecule has 0 saturated carbocycles. The van der Waals surface area contributed by atoms with Crippen LogP contribution in [-0.2, 0) is 0 Å². The third-order valence-corrected chi connectivity index (χ3v) is 5.82. The predicted octanol–water partition coefficient (Wildman–Crippen LogP) is 3.94. The van der Waals surface area contributed by atoms with Crippen LogP contribution in [0.5, 0.6) is 0 Å². The number of nitrogens with one attached hydrogen (secondary N) is 2. The number of hydrogen-bond acceptors (Lipinski definition) is 3. The lowest BCUT2D eigenvalue weighted by Gasteiger charge is -2.22. The van der Waals surface area contributed by atoms with E-state index in [2.05, 4.69) is 71.9 Å². The van der Waals surface area contributed by atoms with Crippen molar-refractivity contribution in [3.8, 4) is 0 Å². The van der Waals surface area contributed by atoms with Crippen molar-refractivity contribution in [3.63, 3.8) is 0 Å². The third-order valence-electron chi connectivity index (χ3n) is 4.58. The van der Waals surface area contributed by atoms with Gasteiger partial charge in [0.15, 0.2) is 5.96 Å². The van der Waals surface area contributed by atoms with Gasteiger partial charge in [0.25, 0.3) is 0 Å². The molecule has 6 heteroatoms. The number of rotatable bonds is 5. The summed E-state index contributed by atoms with van der Waals surface area (Å²) in [7, 11) is 0. The summed E-state index contributed by atoms with van der Waals surface area (Å²) in [5, 5.41) is 19.7. The summed E-state index contributed by atoms with van der Waals surface area (Å²) in [4.78, 5) is 4.63. The van der Waals surface area contributed by atoms with Crippen LogP contribution >= 0.6 is 35.7 Å². The summed E-state index contributed by atoms with van der Waals surface area (Å²) in [5.41, 5.74) is 0.568. The molecule has 2 atom stereocenters. The minimum atomic E-state index is -0.654. The molecule has 2 unspecified atom stereocenters. The standard InChI is InChI=1S/C20H27N3OS.HI/c1-3-21-19(22-13-20(24)10-11-25-14-20)23-15(2)17-9-8-16-6-4-5-7-18(16)12-17;/h4-9,12,15,24H,3,10-11,13-14H2,1-2H3,(H2,21,22,23);1H. The molecule has 3 N–H and O–H groups in total. The maximum atomic E-state index is 10.5. The Morgan fingerprint density at radius 1 is 1.27 bits per heavy atom. The normalized spacial score (nSPS) is 21.3. The maximum absolute atomic E-state index is 10.5. The van der Waals surface area contributed by atoms with Gasteiger partial charge >= 0.3 is 0 Å². The van der Waals surface area contributed by atoms with E-state index in [0.29, 0.717) is 6.54 Å². The Bertz CT molecular complexity index is 747. The van der Waals surface area contributed by atoms with E-state index in [0.717, 1.165) is 30.4 Å². The number of nitrogens with zero attached hydrogens (tertiary/aromatic N) is 1. The largest absolute Gasteiger partial charge is 0.387 e. The van der Waals surface area contributed by atoms with Crippen LogP contribution in [0.2, 0.25) is 0 Å². The first kappa shape index (κ1) is 21.3. The summed E-state index contributed by atoms with van der Waals surface area (Å²) < 4.78 is 0.